The van der Waals surface area contributed by atoms with E-state index in [0.29, 0.717) is 0 Å². The van der Waals surface area contributed by atoms with Gasteiger partial charge in [-0.3, -0.25) is 0 Å². The Morgan fingerprint density at radius 2 is 2.47 bits per heavy atom. The summed E-state index contributed by atoms with van der Waals surface area (Å²) in [5.41, 5.74) is -0.0832. The van der Waals surface area contributed by atoms with E-state index >= 15 is 0 Å². The summed E-state index contributed by atoms with van der Waals surface area (Å²) in [4.78, 5) is 14.3. The number of oxazole rings is 1. The maximum Gasteiger partial charge on any atom is 0.357 e. The SMILES string of the molecule is COC1CC(Nc2nc(C(=O)O)co2)C1. The van der Waals surface area contributed by atoms with Gasteiger partial charge >= 0.3 is 5.97 Å². The molecule has 1 aliphatic rings. The Hall–Kier alpha value is -1.56. The predicted molar refractivity (Wildman–Crippen MR) is 50.9 cm³/mol. The molecule has 0 spiro atoms. The first-order valence-electron chi connectivity index (χ1n) is 4.67. The molecule has 1 aromatic rings. The van der Waals surface area contributed by atoms with E-state index in [1.54, 1.807) is 7.11 Å². The number of nitrogens with zero attached hydrogens (tertiary/aromatic N) is 1. The molecule has 1 aromatic heterocycles. The van der Waals surface area contributed by atoms with Crippen LogP contribution in [0.1, 0.15) is 23.3 Å². The summed E-state index contributed by atoms with van der Waals surface area (Å²) in [6.07, 6.45) is 3.19. The van der Waals surface area contributed by atoms with Crippen LogP contribution in [0.3, 0.4) is 0 Å². The van der Waals surface area contributed by atoms with Crippen LogP contribution >= 0.6 is 0 Å². The van der Waals surface area contributed by atoms with Crippen LogP contribution in [0, 0.1) is 0 Å². The lowest BCUT2D eigenvalue weighted by atomic mass is 9.89. The van der Waals surface area contributed by atoms with E-state index in [0.717, 1.165) is 19.1 Å². The highest BCUT2D eigenvalue weighted by Gasteiger charge is 2.30. The molecule has 15 heavy (non-hydrogen) atoms. The minimum atomic E-state index is -1.09. The van der Waals surface area contributed by atoms with Gasteiger partial charge in [-0.1, -0.05) is 0 Å². The third kappa shape index (κ3) is 2.10. The summed E-state index contributed by atoms with van der Waals surface area (Å²) >= 11 is 0. The highest BCUT2D eigenvalue weighted by atomic mass is 16.5. The van der Waals surface area contributed by atoms with Gasteiger partial charge in [0.2, 0.25) is 0 Å². The Labute approximate surface area is 86.2 Å². The normalized spacial score (nSPS) is 24.6. The topological polar surface area (TPSA) is 84.6 Å². The van der Waals surface area contributed by atoms with Gasteiger partial charge in [-0.25, -0.2) is 4.79 Å². The van der Waals surface area contributed by atoms with E-state index in [1.807, 2.05) is 0 Å². The number of ether oxygens (including phenoxy) is 1. The second kappa shape index (κ2) is 3.90. The number of carboxylic acid groups (broad SMARTS) is 1. The molecule has 0 amide bonds. The third-order valence-electron chi connectivity index (χ3n) is 2.48. The van der Waals surface area contributed by atoms with Crippen LogP contribution in [0.15, 0.2) is 10.7 Å². The van der Waals surface area contributed by atoms with Gasteiger partial charge in [0.05, 0.1) is 6.10 Å². The minimum Gasteiger partial charge on any atom is -0.476 e. The fourth-order valence-electron chi connectivity index (χ4n) is 1.49. The number of aromatic nitrogens is 1. The molecule has 1 fully saturated rings. The second-order valence-corrected chi connectivity index (χ2v) is 3.51. The fourth-order valence-corrected chi connectivity index (χ4v) is 1.49. The number of carboxylic acids is 1. The van der Waals surface area contributed by atoms with Crippen molar-refractivity contribution in [3.8, 4) is 0 Å². The number of nitrogens with one attached hydrogen (secondary N) is 1. The average Bonchev–Trinajstić information content (AvgIpc) is 2.58. The van der Waals surface area contributed by atoms with Crippen LogP contribution in [-0.2, 0) is 4.74 Å². The molecule has 1 heterocycles. The van der Waals surface area contributed by atoms with E-state index in [2.05, 4.69) is 10.3 Å². The summed E-state index contributed by atoms with van der Waals surface area (Å²) in [5, 5.41) is 11.6. The lowest BCUT2D eigenvalue weighted by molar-refractivity contribution is 0.0323. The molecule has 0 aliphatic heterocycles. The van der Waals surface area contributed by atoms with Crippen LogP contribution in [-0.4, -0.2) is 35.3 Å². The van der Waals surface area contributed by atoms with Crippen molar-refractivity contribution in [1.29, 1.82) is 0 Å². The number of hydrogen-bond donors (Lipinski definition) is 2. The van der Waals surface area contributed by atoms with Crippen LogP contribution in [0.4, 0.5) is 6.01 Å². The Bertz CT molecular complexity index is 357. The molecule has 0 aromatic carbocycles. The lowest BCUT2D eigenvalue weighted by Gasteiger charge is -2.33. The number of methoxy groups -OCH3 is 1. The number of rotatable bonds is 4. The first-order chi connectivity index (χ1) is 7.19. The fraction of sp³-hybridized carbons (Fsp3) is 0.556. The van der Waals surface area contributed by atoms with Gasteiger partial charge in [-0.15, -0.1) is 0 Å². The summed E-state index contributed by atoms with van der Waals surface area (Å²) in [7, 11) is 1.68. The maximum atomic E-state index is 10.5. The van der Waals surface area contributed by atoms with E-state index in [4.69, 9.17) is 14.3 Å². The molecule has 0 bridgehead atoms. The quantitative estimate of drug-likeness (QED) is 0.773. The van der Waals surface area contributed by atoms with Gasteiger partial charge in [0.1, 0.15) is 6.26 Å². The van der Waals surface area contributed by atoms with Crippen molar-refractivity contribution in [2.45, 2.75) is 25.0 Å². The highest BCUT2D eigenvalue weighted by molar-refractivity contribution is 5.85. The lowest BCUT2D eigenvalue weighted by Crippen LogP contribution is -2.40. The van der Waals surface area contributed by atoms with Gasteiger partial charge in [-0.05, 0) is 12.8 Å². The van der Waals surface area contributed by atoms with E-state index in [9.17, 15) is 4.79 Å². The molecule has 0 atom stereocenters. The van der Waals surface area contributed by atoms with Crippen molar-refractivity contribution in [3.05, 3.63) is 12.0 Å². The Balaban J connectivity index is 1.87. The molecule has 0 radical (unpaired) electrons. The van der Waals surface area contributed by atoms with Gasteiger partial charge in [0, 0.05) is 13.2 Å². The third-order valence-corrected chi connectivity index (χ3v) is 2.48. The summed E-state index contributed by atoms with van der Waals surface area (Å²) in [6.45, 7) is 0. The molecule has 6 nitrogen and oxygen atoms in total. The van der Waals surface area contributed by atoms with Gasteiger partial charge in [-0.2, -0.15) is 4.98 Å². The summed E-state index contributed by atoms with van der Waals surface area (Å²) in [5.74, 6) is -1.09. The molecule has 0 unspecified atom stereocenters. The van der Waals surface area contributed by atoms with Crippen LogP contribution in [0.5, 0.6) is 0 Å². The number of carbonyl (C=O) groups is 1. The molecule has 6 heteroatoms. The zero-order valence-corrected chi connectivity index (χ0v) is 8.27. The zero-order valence-electron chi connectivity index (χ0n) is 8.27. The first-order valence-corrected chi connectivity index (χ1v) is 4.67. The summed E-state index contributed by atoms with van der Waals surface area (Å²) in [6, 6.07) is 0.516. The molecule has 1 aliphatic carbocycles. The van der Waals surface area contributed by atoms with Crippen molar-refractivity contribution >= 4 is 12.0 Å². The van der Waals surface area contributed by atoms with Crippen LogP contribution < -0.4 is 5.32 Å². The molecule has 82 valence electrons. The smallest absolute Gasteiger partial charge is 0.357 e. The maximum absolute atomic E-state index is 10.5. The summed E-state index contributed by atoms with van der Waals surface area (Å²) < 4.78 is 10.1. The van der Waals surface area contributed by atoms with Crippen LogP contribution in [0.2, 0.25) is 0 Å². The Morgan fingerprint density at radius 3 is 3.00 bits per heavy atom. The standard InChI is InChI=1S/C9H12N2O4/c1-14-6-2-5(3-6)10-9-11-7(4-15-9)8(12)13/h4-6H,2-3H2,1H3,(H,10,11)(H,12,13). The second-order valence-electron chi connectivity index (χ2n) is 3.51. The Morgan fingerprint density at radius 1 is 1.73 bits per heavy atom. The van der Waals surface area contributed by atoms with Crippen molar-refractivity contribution in [1.82, 2.24) is 4.98 Å². The zero-order chi connectivity index (χ0) is 10.8. The van der Waals surface area contributed by atoms with Gasteiger partial charge in [0.25, 0.3) is 6.01 Å². The monoisotopic (exact) mass is 212 g/mol. The Kier molecular flexibility index (Phi) is 2.59. The van der Waals surface area contributed by atoms with Crippen molar-refractivity contribution in [3.63, 3.8) is 0 Å². The van der Waals surface area contributed by atoms with Crippen molar-refractivity contribution in [2.75, 3.05) is 12.4 Å². The largest absolute Gasteiger partial charge is 0.476 e. The van der Waals surface area contributed by atoms with Gasteiger partial charge in [0.15, 0.2) is 5.69 Å². The molecule has 0 saturated heterocycles. The van der Waals surface area contributed by atoms with E-state index in [-0.39, 0.29) is 23.9 Å². The molecule has 1 saturated carbocycles. The molecular weight excluding hydrogens is 200 g/mol. The number of aromatic carboxylic acids is 1. The molecule has 2 rings (SSSR count). The predicted octanol–water partition coefficient (Wildman–Crippen LogP) is 0.962. The minimum absolute atomic E-state index is 0.0832. The number of anilines is 1. The highest BCUT2D eigenvalue weighted by Crippen LogP contribution is 2.25. The van der Waals surface area contributed by atoms with Crippen molar-refractivity contribution in [2.24, 2.45) is 0 Å². The van der Waals surface area contributed by atoms with Crippen molar-refractivity contribution < 1.29 is 19.1 Å². The first kappa shape index (κ1) is 9.97. The number of hydrogen-bond acceptors (Lipinski definition) is 5. The van der Waals surface area contributed by atoms with E-state index < -0.39 is 5.97 Å². The van der Waals surface area contributed by atoms with E-state index in [1.165, 1.54) is 0 Å². The molecule has 2 N–H and O–H groups in total. The molecular formula is C9H12N2O4. The van der Waals surface area contributed by atoms with Gasteiger partial charge < -0.3 is 19.6 Å². The van der Waals surface area contributed by atoms with Crippen LogP contribution in [0.25, 0.3) is 0 Å². The average molecular weight is 212 g/mol.